The van der Waals surface area contributed by atoms with E-state index in [0.717, 1.165) is 22.3 Å². The van der Waals surface area contributed by atoms with Crippen LogP contribution in [-0.4, -0.2) is 53.2 Å². The van der Waals surface area contributed by atoms with E-state index >= 15 is 0 Å². The van der Waals surface area contributed by atoms with Gasteiger partial charge in [0.25, 0.3) is 0 Å². The van der Waals surface area contributed by atoms with E-state index in [9.17, 15) is 19.5 Å². The number of alkyl carbamates (subject to hydrolysis) is 1. The Labute approximate surface area is 181 Å². The molecule has 0 aromatic heterocycles. The first-order valence-electron chi connectivity index (χ1n) is 10.5. The smallest absolute Gasteiger partial charge is 0.407 e. The second-order valence-electron chi connectivity index (χ2n) is 8.37. The molecule has 0 spiro atoms. The van der Waals surface area contributed by atoms with Crippen LogP contribution in [0, 0.1) is 5.92 Å². The zero-order valence-electron chi connectivity index (χ0n) is 17.6. The van der Waals surface area contributed by atoms with Gasteiger partial charge < -0.3 is 20.1 Å². The van der Waals surface area contributed by atoms with Gasteiger partial charge in [0.1, 0.15) is 18.7 Å². The number of amides is 2. The van der Waals surface area contributed by atoms with Crippen LogP contribution in [-0.2, 0) is 14.3 Å². The van der Waals surface area contributed by atoms with Crippen LogP contribution in [0.2, 0.25) is 0 Å². The predicted octanol–water partition coefficient (Wildman–Crippen LogP) is 3.24. The number of ether oxygens (including phenoxy) is 1. The number of carboxylic acids is 1. The van der Waals surface area contributed by atoms with Gasteiger partial charge in [0, 0.05) is 12.5 Å². The van der Waals surface area contributed by atoms with E-state index in [1.54, 1.807) is 13.8 Å². The normalized spacial score (nSPS) is 18.6. The average Bonchev–Trinajstić information content (AvgIpc) is 3.25. The summed E-state index contributed by atoms with van der Waals surface area (Å²) in [5.74, 6) is -1.71. The number of fused-ring (bicyclic) bond motifs is 3. The molecular formula is C24H26N2O5. The number of carbonyl (C=O) groups is 3. The molecule has 1 aliphatic heterocycles. The lowest BCUT2D eigenvalue weighted by molar-refractivity contribution is -0.150. The Morgan fingerprint density at radius 3 is 2.23 bits per heavy atom. The molecule has 1 fully saturated rings. The number of hydrogen-bond acceptors (Lipinski definition) is 4. The first kappa shape index (κ1) is 20.9. The van der Waals surface area contributed by atoms with Crippen molar-refractivity contribution in [3.8, 4) is 11.1 Å². The van der Waals surface area contributed by atoms with E-state index in [1.807, 2.05) is 36.4 Å². The summed E-state index contributed by atoms with van der Waals surface area (Å²) >= 11 is 0. The average molecular weight is 422 g/mol. The largest absolute Gasteiger partial charge is 0.480 e. The number of carbonyl (C=O) groups excluding carboxylic acids is 2. The fourth-order valence-corrected chi connectivity index (χ4v) is 4.67. The van der Waals surface area contributed by atoms with Gasteiger partial charge in [-0.3, -0.25) is 4.79 Å². The van der Waals surface area contributed by atoms with Gasteiger partial charge in [-0.05, 0) is 34.6 Å². The molecule has 2 aliphatic rings. The van der Waals surface area contributed by atoms with Gasteiger partial charge in [-0.25, -0.2) is 9.59 Å². The summed E-state index contributed by atoms with van der Waals surface area (Å²) in [6.45, 7) is 3.98. The van der Waals surface area contributed by atoms with Crippen LogP contribution >= 0.6 is 0 Å². The molecule has 2 amide bonds. The molecule has 2 aromatic rings. The summed E-state index contributed by atoms with van der Waals surface area (Å²) in [5, 5.41) is 12.1. The maximum Gasteiger partial charge on any atom is 0.407 e. The SMILES string of the molecule is CC(C)[C@@H](C(=O)O)N1CC[C@@H](NC(=O)OCC2c3ccccc3-c3ccccc32)C1=O. The molecule has 0 radical (unpaired) electrons. The van der Waals surface area contributed by atoms with Crippen molar-refractivity contribution in [2.45, 2.75) is 38.3 Å². The minimum atomic E-state index is -1.04. The zero-order valence-corrected chi connectivity index (χ0v) is 17.6. The number of hydrogen-bond donors (Lipinski definition) is 2. The molecular weight excluding hydrogens is 396 g/mol. The molecule has 0 saturated carbocycles. The number of benzene rings is 2. The molecule has 7 nitrogen and oxygen atoms in total. The Morgan fingerprint density at radius 2 is 1.68 bits per heavy atom. The molecule has 2 atom stereocenters. The number of nitrogens with zero attached hydrogens (tertiary/aromatic N) is 1. The number of nitrogens with one attached hydrogen (secondary N) is 1. The van der Waals surface area contributed by atoms with E-state index in [1.165, 1.54) is 4.90 Å². The van der Waals surface area contributed by atoms with Crippen LogP contribution in [0.25, 0.3) is 11.1 Å². The van der Waals surface area contributed by atoms with E-state index in [2.05, 4.69) is 17.4 Å². The van der Waals surface area contributed by atoms with Gasteiger partial charge in [-0.1, -0.05) is 62.4 Å². The molecule has 31 heavy (non-hydrogen) atoms. The minimum absolute atomic E-state index is 0.0636. The van der Waals surface area contributed by atoms with Crippen LogP contribution in [0.5, 0.6) is 0 Å². The lowest BCUT2D eigenvalue weighted by atomic mass is 9.98. The van der Waals surface area contributed by atoms with Gasteiger partial charge in [0.05, 0.1) is 0 Å². The van der Waals surface area contributed by atoms with Crippen LogP contribution in [0.3, 0.4) is 0 Å². The summed E-state index contributed by atoms with van der Waals surface area (Å²) in [4.78, 5) is 38.0. The highest BCUT2D eigenvalue weighted by atomic mass is 16.5. The number of aliphatic carboxylic acids is 1. The van der Waals surface area contributed by atoms with Crippen LogP contribution in [0.4, 0.5) is 4.79 Å². The van der Waals surface area contributed by atoms with Crippen LogP contribution in [0.15, 0.2) is 48.5 Å². The summed E-state index contributed by atoms with van der Waals surface area (Å²) in [6, 6.07) is 14.5. The Morgan fingerprint density at radius 1 is 1.10 bits per heavy atom. The molecule has 162 valence electrons. The van der Waals surface area contributed by atoms with E-state index < -0.39 is 24.1 Å². The minimum Gasteiger partial charge on any atom is -0.480 e. The lowest BCUT2D eigenvalue weighted by Gasteiger charge is -2.27. The Kier molecular flexibility index (Phi) is 5.67. The van der Waals surface area contributed by atoms with Gasteiger partial charge in [0.15, 0.2) is 0 Å². The summed E-state index contributed by atoms with van der Waals surface area (Å²) in [5.41, 5.74) is 4.51. The monoisotopic (exact) mass is 422 g/mol. The number of likely N-dealkylation sites (tertiary alicyclic amines) is 1. The van der Waals surface area contributed by atoms with Crippen molar-refractivity contribution in [3.63, 3.8) is 0 Å². The molecule has 0 unspecified atom stereocenters. The maximum absolute atomic E-state index is 12.7. The fourth-order valence-electron chi connectivity index (χ4n) is 4.67. The Balaban J connectivity index is 1.40. The molecule has 4 rings (SSSR count). The van der Waals surface area contributed by atoms with Gasteiger partial charge >= 0.3 is 12.1 Å². The third kappa shape index (κ3) is 3.87. The summed E-state index contributed by atoms with van der Waals surface area (Å²) in [7, 11) is 0. The predicted molar refractivity (Wildman–Crippen MR) is 115 cm³/mol. The third-order valence-corrected chi connectivity index (χ3v) is 6.10. The Hall–Kier alpha value is -3.35. The highest BCUT2D eigenvalue weighted by Crippen LogP contribution is 2.44. The topological polar surface area (TPSA) is 95.9 Å². The molecule has 1 saturated heterocycles. The molecule has 0 bridgehead atoms. The van der Waals surface area contributed by atoms with Crippen LogP contribution in [0.1, 0.15) is 37.3 Å². The van der Waals surface area contributed by atoms with E-state index in [4.69, 9.17) is 4.74 Å². The number of rotatable bonds is 6. The standard InChI is InChI=1S/C24H26N2O5/c1-14(2)21(23(28)29)26-12-11-20(22(26)27)25-24(30)31-13-19-17-9-5-3-7-15(17)16-8-4-6-10-18(16)19/h3-10,14,19-21H,11-13H2,1-2H3,(H,25,30)(H,28,29)/t20-,21+/m1/s1. The molecule has 2 N–H and O–H groups in total. The third-order valence-electron chi connectivity index (χ3n) is 6.10. The quantitative estimate of drug-likeness (QED) is 0.745. The number of carboxylic acid groups (broad SMARTS) is 1. The fraction of sp³-hybridized carbons (Fsp3) is 0.375. The van der Waals surface area contributed by atoms with Gasteiger partial charge in [-0.2, -0.15) is 0 Å². The van der Waals surface area contributed by atoms with Crippen molar-refractivity contribution in [2.24, 2.45) is 5.92 Å². The van der Waals surface area contributed by atoms with E-state index in [-0.39, 0.29) is 24.3 Å². The van der Waals surface area contributed by atoms with Crippen molar-refractivity contribution >= 4 is 18.0 Å². The lowest BCUT2D eigenvalue weighted by Crippen LogP contribution is -2.49. The highest BCUT2D eigenvalue weighted by Gasteiger charge is 2.41. The first-order chi connectivity index (χ1) is 14.9. The highest BCUT2D eigenvalue weighted by molar-refractivity contribution is 5.91. The molecule has 7 heteroatoms. The summed E-state index contributed by atoms with van der Waals surface area (Å²) in [6.07, 6.45) is -0.307. The van der Waals surface area contributed by atoms with Crippen molar-refractivity contribution < 1.29 is 24.2 Å². The van der Waals surface area contributed by atoms with Crippen molar-refractivity contribution in [1.29, 1.82) is 0 Å². The molecule has 2 aromatic carbocycles. The second-order valence-corrected chi connectivity index (χ2v) is 8.37. The first-order valence-corrected chi connectivity index (χ1v) is 10.5. The van der Waals surface area contributed by atoms with Crippen molar-refractivity contribution in [2.75, 3.05) is 13.2 Å². The van der Waals surface area contributed by atoms with Crippen LogP contribution < -0.4 is 5.32 Å². The van der Waals surface area contributed by atoms with E-state index in [0.29, 0.717) is 13.0 Å². The molecule has 1 heterocycles. The Bertz CT molecular complexity index is 973. The van der Waals surface area contributed by atoms with Crippen molar-refractivity contribution in [1.82, 2.24) is 10.2 Å². The zero-order chi connectivity index (χ0) is 22.1. The van der Waals surface area contributed by atoms with Gasteiger partial charge in [-0.15, -0.1) is 0 Å². The summed E-state index contributed by atoms with van der Waals surface area (Å²) < 4.78 is 5.50. The molecule has 1 aliphatic carbocycles. The van der Waals surface area contributed by atoms with Crippen molar-refractivity contribution in [3.05, 3.63) is 59.7 Å². The van der Waals surface area contributed by atoms with Gasteiger partial charge in [0.2, 0.25) is 5.91 Å². The second kappa shape index (κ2) is 8.41. The maximum atomic E-state index is 12.7.